The van der Waals surface area contributed by atoms with Gasteiger partial charge in [-0.25, -0.2) is 4.98 Å². The fourth-order valence-corrected chi connectivity index (χ4v) is 6.20. The Morgan fingerprint density at radius 1 is 1.19 bits per heavy atom. The molecule has 0 amide bonds. The highest BCUT2D eigenvalue weighted by molar-refractivity contribution is 6.30. The molecule has 226 valence electrons. The van der Waals surface area contributed by atoms with E-state index in [1.807, 2.05) is 37.0 Å². The number of benzene rings is 1. The van der Waals surface area contributed by atoms with Crippen molar-refractivity contribution in [2.24, 2.45) is 5.41 Å². The van der Waals surface area contributed by atoms with Crippen molar-refractivity contribution in [2.75, 3.05) is 24.5 Å². The molecule has 1 N–H and O–H groups in total. The molecule has 0 unspecified atom stereocenters. The van der Waals surface area contributed by atoms with Crippen LogP contribution in [0.4, 0.5) is 19.0 Å². The lowest BCUT2D eigenvalue weighted by molar-refractivity contribution is -0.198. The first-order valence-electron chi connectivity index (χ1n) is 14.4. The number of carbonyl (C=O) groups is 1. The van der Waals surface area contributed by atoms with E-state index in [4.69, 9.17) is 21.1 Å². The molecule has 0 bridgehead atoms. The molecule has 2 saturated heterocycles. The monoisotopic (exact) mass is 604 g/mol. The Hall–Kier alpha value is -3.11. The SMILES string of the molecule is Cc1nc(O[C@H](c2ccc(Cl)cc2C2=CC=CCC2)C(F)(F)F)cc(N2CCC3(CC2)CN[C@H](C(=O)OC(C)C)C3)n1. The van der Waals surface area contributed by atoms with Gasteiger partial charge in [0.05, 0.1) is 6.10 Å². The summed E-state index contributed by atoms with van der Waals surface area (Å²) in [6.45, 7) is 7.33. The molecule has 3 aliphatic rings. The summed E-state index contributed by atoms with van der Waals surface area (Å²) in [4.78, 5) is 23.2. The largest absolute Gasteiger partial charge is 0.462 e. The quantitative estimate of drug-likeness (QED) is 0.350. The van der Waals surface area contributed by atoms with E-state index in [0.29, 0.717) is 48.2 Å². The van der Waals surface area contributed by atoms with Crippen molar-refractivity contribution >= 4 is 29.0 Å². The molecule has 42 heavy (non-hydrogen) atoms. The number of hydrogen-bond donors (Lipinski definition) is 1. The maximum atomic E-state index is 14.5. The van der Waals surface area contributed by atoms with Crippen LogP contribution in [0.3, 0.4) is 0 Å². The van der Waals surface area contributed by atoms with Gasteiger partial charge in [0.1, 0.15) is 17.7 Å². The lowest BCUT2D eigenvalue weighted by Crippen LogP contribution is -2.41. The molecule has 0 radical (unpaired) electrons. The van der Waals surface area contributed by atoms with Gasteiger partial charge in [-0.15, -0.1) is 0 Å². The minimum Gasteiger partial charge on any atom is -0.462 e. The van der Waals surface area contributed by atoms with Crippen LogP contribution in [0, 0.1) is 12.3 Å². The molecule has 7 nitrogen and oxygen atoms in total. The molecule has 11 heteroatoms. The van der Waals surface area contributed by atoms with Crippen LogP contribution in [-0.4, -0.2) is 53.9 Å². The number of aryl methyl sites for hydroxylation is 1. The highest BCUT2D eigenvalue weighted by Crippen LogP contribution is 2.43. The summed E-state index contributed by atoms with van der Waals surface area (Å²) in [5.41, 5.74) is 1.15. The van der Waals surface area contributed by atoms with Crippen LogP contribution in [0.1, 0.15) is 69.0 Å². The third-order valence-corrected chi connectivity index (χ3v) is 8.37. The maximum Gasteiger partial charge on any atom is 0.429 e. The van der Waals surface area contributed by atoms with Crippen molar-refractivity contribution < 1.29 is 27.4 Å². The highest BCUT2D eigenvalue weighted by Gasteiger charge is 2.46. The molecular weight excluding hydrogens is 569 g/mol. The highest BCUT2D eigenvalue weighted by atomic mass is 35.5. The molecule has 1 aromatic carbocycles. The molecule has 2 atom stereocenters. The fraction of sp³-hybridized carbons (Fsp3) is 0.516. The van der Waals surface area contributed by atoms with Gasteiger partial charge in [0.25, 0.3) is 0 Å². The smallest absolute Gasteiger partial charge is 0.429 e. The van der Waals surface area contributed by atoms with Crippen molar-refractivity contribution in [2.45, 2.75) is 77.3 Å². The predicted molar refractivity (Wildman–Crippen MR) is 156 cm³/mol. The molecule has 1 spiro atoms. The third-order valence-electron chi connectivity index (χ3n) is 8.14. The van der Waals surface area contributed by atoms with E-state index in [1.54, 1.807) is 13.0 Å². The van der Waals surface area contributed by atoms with Crippen molar-refractivity contribution in [1.82, 2.24) is 15.3 Å². The Bertz CT molecular complexity index is 1370. The summed E-state index contributed by atoms with van der Waals surface area (Å²) >= 11 is 6.21. The number of allylic oxidation sites excluding steroid dienone is 4. The number of piperidine rings is 1. The van der Waals surface area contributed by atoms with Gasteiger partial charge in [-0.1, -0.05) is 35.9 Å². The Kier molecular flexibility index (Phi) is 8.85. The van der Waals surface area contributed by atoms with E-state index < -0.39 is 12.3 Å². The number of alkyl halides is 3. The summed E-state index contributed by atoms with van der Waals surface area (Å²) in [6.07, 6.45) is 2.19. The maximum absolute atomic E-state index is 14.5. The molecule has 3 heterocycles. The van der Waals surface area contributed by atoms with Gasteiger partial charge >= 0.3 is 12.1 Å². The molecule has 5 rings (SSSR count). The number of esters is 1. The first-order chi connectivity index (χ1) is 19.9. The van der Waals surface area contributed by atoms with Gasteiger partial charge in [0, 0.05) is 36.3 Å². The number of carbonyl (C=O) groups excluding carboxylic acids is 1. The van der Waals surface area contributed by atoms with Gasteiger partial charge in [-0.2, -0.15) is 18.2 Å². The van der Waals surface area contributed by atoms with Gasteiger partial charge in [-0.3, -0.25) is 4.79 Å². The van der Waals surface area contributed by atoms with Crippen LogP contribution in [0.5, 0.6) is 5.88 Å². The van der Waals surface area contributed by atoms with Crippen LogP contribution >= 0.6 is 11.6 Å². The van der Waals surface area contributed by atoms with Crippen LogP contribution in [0.2, 0.25) is 5.02 Å². The topological polar surface area (TPSA) is 76.6 Å². The zero-order valence-corrected chi connectivity index (χ0v) is 24.8. The van der Waals surface area contributed by atoms with Gasteiger partial charge in [-0.05, 0) is 81.6 Å². The van der Waals surface area contributed by atoms with Gasteiger partial charge < -0.3 is 19.7 Å². The molecule has 2 aliphatic heterocycles. The Balaban J connectivity index is 1.34. The Morgan fingerprint density at radius 3 is 2.62 bits per heavy atom. The van der Waals surface area contributed by atoms with Crippen LogP contribution in [0.15, 0.2) is 42.5 Å². The van der Waals surface area contributed by atoms with Crippen molar-refractivity contribution in [3.05, 3.63) is 64.5 Å². The number of nitrogens with zero attached hydrogens (tertiary/aromatic N) is 3. The second-order valence-electron chi connectivity index (χ2n) is 11.7. The number of ether oxygens (including phenoxy) is 2. The molecular formula is C31H36ClF3N4O3. The number of anilines is 1. The summed E-state index contributed by atoms with van der Waals surface area (Å²) < 4.78 is 54.7. The Labute approximate surface area is 249 Å². The van der Waals surface area contributed by atoms with Crippen molar-refractivity contribution in [3.63, 3.8) is 0 Å². The lowest BCUT2D eigenvalue weighted by Gasteiger charge is -2.39. The minimum atomic E-state index is -4.70. The van der Waals surface area contributed by atoms with Crippen molar-refractivity contribution in [1.29, 1.82) is 0 Å². The second kappa shape index (κ2) is 12.2. The van der Waals surface area contributed by atoms with E-state index in [0.717, 1.165) is 31.4 Å². The van der Waals surface area contributed by atoms with Gasteiger partial charge in [0.2, 0.25) is 12.0 Å². The lowest BCUT2D eigenvalue weighted by atomic mass is 9.76. The average molecular weight is 605 g/mol. The van der Waals surface area contributed by atoms with Gasteiger partial charge in [0.15, 0.2) is 0 Å². The van der Waals surface area contributed by atoms with Crippen LogP contribution in [-0.2, 0) is 9.53 Å². The summed E-state index contributed by atoms with van der Waals surface area (Å²) in [5, 5.41) is 3.67. The number of nitrogens with one attached hydrogen (secondary N) is 1. The number of rotatable bonds is 7. The standard InChI is InChI=1S/C31H36ClF3N4O3/c1-19(2)41-29(40)25-17-30(18-36-25)11-13-39(14-12-30)26-16-27(38-20(3)37-26)42-28(31(33,34)35)23-10-9-22(32)15-24(23)21-7-5-4-6-8-21/h4-5,7,9-10,15-16,19,25,28,36H,6,8,11-14,17-18H2,1-3H3/t25-,28+/m0/s1. The number of hydrogen-bond acceptors (Lipinski definition) is 7. The molecule has 1 aromatic heterocycles. The minimum absolute atomic E-state index is 0.00883. The van der Waals surface area contributed by atoms with Crippen LogP contribution in [0.25, 0.3) is 5.57 Å². The molecule has 2 fully saturated rings. The first-order valence-corrected chi connectivity index (χ1v) is 14.7. The molecule has 1 aliphatic carbocycles. The fourth-order valence-electron chi connectivity index (χ4n) is 6.03. The van der Waals surface area contributed by atoms with E-state index in [9.17, 15) is 18.0 Å². The third kappa shape index (κ3) is 6.92. The van der Waals surface area contributed by atoms with E-state index in [1.165, 1.54) is 18.2 Å². The van der Waals surface area contributed by atoms with E-state index >= 15 is 0 Å². The zero-order valence-electron chi connectivity index (χ0n) is 24.0. The molecule has 0 saturated carbocycles. The normalized spacial score (nSPS) is 21.0. The predicted octanol–water partition coefficient (Wildman–Crippen LogP) is 6.75. The zero-order chi connectivity index (χ0) is 30.1. The van der Waals surface area contributed by atoms with Crippen molar-refractivity contribution in [3.8, 4) is 5.88 Å². The van der Waals surface area contributed by atoms with E-state index in [-0.39, 0.29) is 35.0 Å². The number of halogens is 4. The second-order valence-corrected chi connectivity index (χ2v) is 12.1. The summed E-state index contributed by atoms with van der Waals surface area (Å²) in [7, 11) is 0. The Morgan fingerprint density at radius 2 is 1.95 bits per heavy atom. The summed E-state index contributed by atoms with van der Waals surface area (Å²) in [6, 6.07) is 5.56. The van der Waals surface area contributed by atoms with E-state index in [2.05, 4.69) is 15.3 Å². The van der Waals surface area contributed by atoms with Crippen LogP contribution < -0.4 is 15.0 Å². The average Bonchev–Trinajstić information content (AvgIpc) is 3.35. The molecule has 2 aromatic rings. The summed E-state index contributed by atoms with van der Waals surface area (Å²) in [5.74, 6) is 0.472. The number of aromatic nitrogens is 2. The first kappa shape index (κ1) is 30.4.